The normalized spacial score (nSPS) is 75.3. The van der Waals surface area contributed by atoms with E-state index in [4.69, 9.17) is 0 Å². The van der Waals surface area contributed by atoms with Crippen molar-refractivity contribution in [2.75, 3.05) is 0 Å². The van der Waals surface area contributed by atoms with E-state index in [2.05, 4.69) is 15.9 Å². The molecule has 1 nitrogen and oxygen atoms in total. The second-order valence-corrected chi connectivity index (χ2v) is 5.09. The number of aliphatic hydroxyl groups excluding tert-OH is 1. The van der Waals surface area contributed by atoms with E-state index in [0.29, 0.717) is 5.92 Å². The Morgan fingerprint density at radius 3 is 2.00 bits per heavy atom. The molecule has 0 aromatic heterocycles. The highest BCUT2D eigenvalue weighted by Crippen LogP contribution is 2.77. The minimum Gasteiger partial charge on any atom is -0.391 e. The van der Waals surface area contributed by atoms with E-state index < -0.39 is 0 Å². The van der Waals surface area contributed by atoms with E-state index in [1.54, 1.807) is 0 Å². The molecule has 4 fully saturated rings. The van der Waals surface area contributed by atoms with Crippen LogP contribution in [0.4, 0.5) is 0 Å². The molecule has 0 radical (unpaired) electrons. The topological polar surface area (TPSA) is 20.2 Å². The molecule has 9 heavy (non-hydrogen) atoms. The molecule has 4 rings (SSSR count). The van der Waals surface area contributed by atoms with Crippen LogP contribution in [0, 0.1) is 17.8 Å². The van der Waals surface area contributed by atoms with Crippen molar-refractivity contribution in [3.63, 3.8) is 0 Å². The molecule has 2 heteroatoms. The van der Waals surface area contributed by atoms with Gasteiger partial charge in [-0.15, -0.1) is 0 Å². The molecule has 4 aliphatic carbocycles. The lowest BCUT2D eigenvalue weighted by Gasteiger charge is -2.09. The van der Waals surface area contributed by atoms with Crippen LogP contribution in [0.15, 0.2) is 0 Å². The highest BCUT2D eigenvalue weighted by molar-refractivity contribution is 9.10. The van der Waals surface area contributed by atoms with Crippen molar-refractivity contribution in [3.8, 4) is 0 Å². The number of halogens is 1. The average Bonchev–Trinajstić information content (AvgIpc) is 2.32. The summed E-state index contributed by atoms with van der Waals surface area (Å²) in [5, 5.41) is 9.56. The van der Waals surface area contributed by atoms with Crippen molar-refractivity contribution in [1.29, 1.82) is 0 Å². The Kier molecular flexibility index (Phi) is 0.638. The lowest BCUT2D eigenvalue weighted by molar-refractivity contribution is 0.146. The third kappa shape index (κ3) is 0.333. The molecule has 0 amide bonds. The largest absolute Gasteiger partial charge is 0.391 e. The van der Waals surface area contributed by atoms with Gasteiger partial charge in [0.2, 0.25) is 0 Å². The van der Waals surface area contributed by atoms with Gasteiger partial charge in [-0.2, -0.15) is 0 Å². The molecule has 4 saturated carbocycles. The summed E-state index contributed by atoms with van der Waals surface area (Å²) in [6, 6.07) is 0. The Morgan fingerprint density at radius 1 is 1.33 bits per heavy atom. The molecule has 1 N–H and O–H groups in total. The lowest BCUT2D eigenvalue weighted by atomic mass is 10.1. The van der Waals surface area contributed by atoms with Gasteiger partial charge in [-0.1, -0.05) is 15.9 Å². The van der Waals surface area contributed by atoms with E-state index >= 15 is 0 Å². The zero-order valence-electron chi connectivity index (χ0n) is 5.05. The summed E-state index contributed by atoms with van der Waals surface area (Å²) in [6.45, 7) is 0. The maximum Gasteiger partial charge on any atom is 0.0727 e. The van der Waals surface area contributed by atoms with E-state index in [1.807, 2.05) is 0 Å². The zero-order chi connectivity index (χ0) is 6.22. The molecule has 0 spiro atoms. The molecule has 0 aromatic rings. The Balaban J connectivity index is 2.13. The fraction of sp³-hybridized carbons (Fsp3) is 1.00. The van der Waals surface area contributed by atoms with E-state index in [-0.39, 0.29) is 10.4 Å². The summed E-state index contributed by atoms with van der Waals surface area (Å²) < 4.78 is 0.220. The monoisotopic (exact) mass is 188 g/mol. The maximum atomic E-state index is 9.56. The van der Waals surface area contributed by atoms with Gasteiger partial charge in [0.1, 0.15) is 0 Å². The first kappa shape index (κ1) is 5.14. The van der Waals surface area contributed by atoms with Crippen molar-refractivity contribution >= 4 is 15.9 Å². The Morgan fingerprint density at radius 2 is 1.89 bits per heavy atom. The molecule has 50 valence electrons. The fourth-order valence-electron chi connectivity index (χ4n) is 3.02. The van der Waals surface area contributed by atoms with E-state index in [1.165, 1.54) is 12.8 Å². The molecule has 2 unspecified atom stereocenters. The van der Waals surface area contributed by atoms with Gasteiger partial charge in [-0.3, -0.25) is 0 Å². The molecule has 5 atom stereocenters. The summed E-state index contributed by atoms with van der Waals surface area (Å²) >= 11 is 3.64. The maximum absolute atomic E-state index is 9.56. The molecule has 0 aromatic carbocycles. The number of aliphatic hydroxyl groups is 1. The van der Waals surface area contributed by atoms with Crippen LogP contribution in [0.25, 0.3) is 0 Å². The first-order valence-corrected chi connectivity index (χ1v) is 4.41. The van der Waals surface area contributed by atoms with Crippen LogP contribution < -0.4 is 0 Å². The van der Waals surface area contributed by atoms with Crippen molar-refractivity contribution in [2.45, 2.75) is 23.3 Å². The molecule has 0 saturated heterocycles. The molecule has 0 heterocycles. The van der Waals surface area contributed by atoms with Gasteiger partial charge < -0.3 is 5.11 Å². The minimum atomic E-state index is -0.00694. The van der Waals surface area contributed by atoms with Crippen molar-refractivity contribution in [3.05, 3.63) is 0 Å². The van der Waals surface area contributed by atoms with Crippen LogP contribution in [0.5, 0.6) is 0 Å². The third-order valence-corrected chi connectivity index (χ3v) is 5.17. The van der Waals surface area contributed by atoms with Gasteiger partial charge in [-0.25, -0.2) is 0 Å². The second kappa shape index (κ2) is 1.12. The Bertz CT molecular complexity index is 168. The van der Waals surface area contributed by atoms with Gasteiger partial charge in [-0.05, 0) is 30.6 Å². The molecule has 4 aliphatic rings. The SMILES string of the molecule is O[C@@H]1C2C[C@@H]3[C@H](C2)C13Br. The summed E-state index contributed by atoms with van der Waals surface area (Å²) in [5.41, 5.74) is 0. The zero-order valence-corrected chi connectivity index (χ0v) is 6.63. The number of alkyl halides is 1. The highest BCUT2D eigenvalue weighted by atomic mass is 79.9. The fourth-order valence-corrected chi connectivity index (χ4v) is 4.27. The van der Waals surface area contributed by atoms with Crippen molar-refractivity contribution in [2.24, 2.45) is 17.8 Å². The summed E-state index contributed by atoms with van der Waals surface area (Å²) in [7, 11) is 0. The van der Waals surface area contributed by atoms with Crippen LogP contribution in [-0.4, -0.2) is 15.5 Å². The minimum absolute atomic E-state index is 0.00694. The average molecular weight is 189 g/mol. The van der Waals surface area contributed by atoms with E-state index in [0.717, 1.165) is 11.8 Å². The molecule has 4 bridgehead atoms. The van der Waals surface area contributed by atoms with Crippen LogP contribution in [0.3, 0.4) is 0 Å². The highest BCUT2D eigenvalue weighted by Gasteiger charge is 2.78. The van der Waals surface area contributed by atoms with E-state index in [9.17, 15) is 5.11 Å². The molecular formula is C7H9BrO. The second-order valence-electron chi connectivity index (χ2n) is 3.72. The van der Waals surface area contributed by atoms with Gasteiger partial charge >= 0.3 is 0 Å². The first-order chi connectivity index (χ1) is 4.24. The number of hydrogen-bond donors (Lipinski definition) is 1. The smallest absolute Gasteiger partial charge is 0.0727 e. The quantitative estimate of drug-likeness (QED) is 0.566. The first-order valence-electron chi connectivity index (χ1n) is 3.61. The van der Waals surface area contributed by atoms with Crippen LogP contribution >= 0.6 is 15.9 Å². The molecule has 0 aliphatic heterocycles. The predicted molar refractivity (Wildman–Crippen MR) is 37.4 cm³/mol. The number of rotatable bonds is 0. The number of hydrogen-bond acceptors (Lipinski definition) is 1. The lowest BCUT2D eigenvalue weighted by Crippen LogP contribution is -2.20. The summed E-state index contributed by atoms with van der Waals surface area (Å²) in [4.78, 5) is 0. The standard InChI is InChI=1S/C7H9BrO/c8-7-4-1-3(6(7)9)2-5(4)7/h3-6,9H,1-2H2/t3?,4-,5+,6-,7?/m1/s1. The summed E-state index contributed by atoms with van der Waals surface area (Å²) in [6.07, 6.45) is 2.57. The van der Waals surface area contributed by atoms with Crippen LogP contribution in [0.1, 0.15) is 12.8 Å². The van der Waals surface area contributed by atoms with Gasteiger partial charge in [0.05, 0.1) is 10.4 Å². The van der Waals surface area contributed by atoms with Gasteiger partial charge in [0, 0.05) is 0 Å². The summed E-state index contributed by atoms with van der Waals surface area (Å²) in [5.74, 6) is 2.34. The Hall–Kier alpha value is 0.440. The van der Waals surface area contributed by atoms with Crippen LogP contribution in [-0.2, 0) is 0 Å². The van der Waals surface area contributed by atoms with Crippen molar-refractivity contribution in [1.82, 2.24) is 0 Å². The van der Waals surface area contributed by atoms with Gasteiger partial charge in [0.25, 0.3) is 0 Å². The predicted octanol–water partition coefficient (Wildman–Crippen LogP) is 1.15. The third-order valence-electron chi connectivity index (χ3n) is 3.53. The van der Waals surface area contributed by atoms with Gasteiger partial charge in [0.15, 0.2) is 0 Å². The van der Waals surface area contributed by atoms with Crippen molar-refractivity contribution < 1.29 is 5.11 Å². The Labute approximate surface area is 62.6 Å². The molecular weight excluding hydrogens is 180 g/mol. The van der Waals surface area contributed by atoms with Crippen LogP contribution in [0.2, 0.25) is 0 Å².